The van der Waals surface area contributed by atoms with E-state index >= 15 is 0 Å². The van der Waals surface area contributed by atoms with Crippen molar-refractivity contribution >= 4 is 21.6 Å². The number of amides is 1. The monoisotopic (exact) mass is 339 g/mol. The molecular formula is C16H25N3O3S. The summed E-state index contributed by atoms with van der Waals surface area (Å²) in [5, 5.41) is 0. The summed E-state index contributed by atoms with van der Waals surface area (Å²) in [6, 6.07) is 7.46. The molecule has 0 radical (unpaired) electrons. The van der Waals surface area contributed by atoms with Gasteiger partial charge in [-0.1, -0.05) is 0 Å². The minimum Gasteiger partial charge on any atom is -0.378 e. The number of anilines is 1. The standard InChI is InChI=1S/C16H25N3O3S/c1-4-23(21,22)17-14-9-11-19(12-10-14)16(20)13-5-7-15(8-6-13)18(2)3/h5-8,14,17H,4,9-12H2,1-3H3. The van der Waals surface area contributed by atoms with Gasteiger partial charge in [-0.15, -0.1) is 0 Å². The summed E-state index contributed by atoms with van der Waals surface area (Å²) in [4.78, 5) is 16.3. The number of carbonyl (C=O) groups is 1. The summed E-state index contributed by atoms with van der Waals surface area (Å²) in [5.74, 6) is 0.0942. The van der Waals surface area contributed by atoms with Gasteiger partial charge in [-0.25, -0.2) is 13.1 Å². The predicted molar refractivity (Wildman–Crippen MR) is 92.3 cm³/mol. The first-order valence-corrected chi connectivity index (χ1v) is 9.54. The van der Waals surface area contributed by atoms with E-state index in [9.17, 15) is 13.2 Å². The van der Waals surface area contributed by atoms with Crippen molar-refractivity contribution in [3.8, 4) is 0 Å². The Morgan fingerprint density at radius 1 is 1.22 bits per heavy atom. The summed E-state index contributed by atoms with van der Waals surface area (Å²) in [7, 11) is 0.735. The molecule has 7 heteroatoms. The second kappa shape index (κ2) is 7.31. The van der Waals surface area contributed by atoms with E-state index in [0.29, 0.717) is 31.5 Å². The van der Waals surface area contributed by atoms with Crippen LogP contribution in [0.5, 0.6) is 0 Å². The van der Waals surface area contributed by atoms with Crippen molar-refractivity contribution in [3.63, 3.8) is 0 Å². The third-order valence-corrected chi connectivity index (χ3v) is 5.59. The van der Waals surface area contributed by atoms with Crippen molar-refractivity contribution in [1.82, 2.24) is 9.62 Å². The molecule has 0 aromatic heterocycles. The normalized spacial score (nSPS) is 16.4. The maximum absolute atomic E-state index is 12.5. The van der Waals surface area contributed by atoms with Gasteiger partial charge in [0.1, 0.15) is 0 Å². The summed E-state index contributed by atoms with van der Waals surface area (Å²) >= 11 is 0. The maximum atomic E-state index is 12.5. The van der Waals surface area contributed by atoms with Crippen LogP contribution in [0.25, 0.3) is 0 Å². The van der Waals surface area contributed by atoms with Gasteiger partial charge in [0.25, 0.3) is 5.91 Å². The molecule has 2 rings (SSSR count). The lowest BCUT2D eigenvalue weighted by molar-refractivity contribution is 0.0711. The van der Waals surface area contributed by atoms with Gasteiger partial charge in [-0.2, -0.15) is 0 Å². The van der Waals surface area contributed by atoms with Crippen LogP contribution in [0.1, 0.15) is 30.1 Å². The highest BCUT2D eigenvalue weighted by molar-refractivity contribution is 7.89. The average molecular weight is 339 g/mol. The van der Waals surface area contributed by atoms with Gasteiger partial charge < -0.3 is 9.80 Å². The van der Waals surface area contributed by atoms with Gasteiger partial charge in [0, 0.05) is 44.5 Å². The second-order valence-electron chi connectivity index (χ2n) is 6.03. The highest BCUT2D eigenvalue weighted by Gasteiger charge is 2.25. The molecule has 1 aromatic rings. The van der Waals surface area contributed by atoms with Gasteiger partial charge in [-0.05, 0) is 44.0 Å². The predicted octanol–water partition coefficient (Wildman–Crippen LogP) is 1.30. The molecule has 1 amide bonds. The molecule has 0 aliphatic carbocycles. The Kier molecular flexibility index (Phi) is 5.64. The van der Waals surface area contributed by atoms with E-state index in [-0.39, 0.29) is 17.7 Å². The van der Waals surface area contributed by atoms with Crippen LogP contribution in [0.2, 0.25) is 0 Å². The fraction of sp³-hybridized carbons (Fsp3) is 0.562. The molecule has 1 fully saturated rings. The largest absolute Gasteiger partial charge is 0.378 e. The molecule has 1 saturated heterocycles. The lowest BCUT2D eigenvalue weighted by Gasteiger charge is -2.32. The van der Waals surface area contributed by atoms with Crippen LogP contribution in [0, 0.1) is 0 Å². The van der Waals surface area contributed by atoms with E-state index in [0.717, 1.165) is 5.69 Å². The number of rotatable bonds is 5. The SMILES string of the molecule is CCS(=O)(=O)NC1CCN(C(=O)c2ccc(N(C)C)cc2)CC1. The van der Waals surface area contributed by atoms with Crippen molar-refractivity contribution in [2.24, 2.45) is 0 Å². The summed E-state index contributed by atoms with van der Waals surface area (Å²) in [6.45, 7) is 2.77. The zero-order valence-electron chi connectivity index (χ0n) is 13.9. The van der Waals surface area contributed by atoms with Crippen LogP contribution in [-0.4, -0.2) is 58.2 Å². The number of carbonyl (C=O) groups excluding carboxylic acids is 1. The molecule has 0 unspecified atom stereocenters. The van der Waals surface area contributed by atoms with Gasteiger partial charge in [0.2, 0.25) is 10.0 Å². The number of nitrogens with one attached hydrogen (secondary N) is 1. The maximum Gasteiger partial charge on any atom is 0.253 e. The van der Waals surface area contributed by atoms with E-state index in [2.05, 4.69) is 4.72 Å². The number of piperidine rings is 1. The topological polar surface area (TPSA) is 69.7 Å². The van der Waals surface area contributed by atoms with Crippen LogP contribution in [0.4, 0.5) is 5.69 Å². The van der Waals surface area contributed by atoms with E-state index in [1.807, 2.05) is 43.3 Å². The summed E-state index contributed by atoms with van der Waals surface area (Å²) in [5.41, 5.74) is 1.72. The van der Waals surface area contributed by atoms with Gasteiger partial charge in [0.05, 0.1) is 5.75 Å². The molecule has 1 aliphatic heterocycles. The highest BCUT2D eigenvalue weighted by atomic mass is 32.2. The molecule has 1 aliphatic rings. The van der Waals surface area contributed by atoms with Crippen LogP contribution < -0.4 is 9.62 Å². The van der Waals surface area contributed by atoms with E-state index in [1.54, 1.807) is 11.8 Å². The fourth-order valence-corrected chi connectivity index (χ4v) is 3.53. The Morgan fingerprint density at radius 3 is 2.26 bits per heavy atom. The zero-order valence-corrected chi connectivity index (χ0v) is 14.8. The number of likely N-dealkylation sites (tertiary alicyclic amines) is 1. The van der Waals surface area contributed by atoms with Gasteiger partial charge in [0.15, 0.2) is 0 Å². The van der Waals surface area contributed by atoms with E-state index in [4.69, 9.17) is 0 Å². The molecule has 1 aromatic carbocycles. The first-order chi connectivity index (χ1) is 10.8. The molecule has 0 bridgehead atoms. The van der Waals surface area contributed by atoms with E-state index < -0.39 is 10.0 Å². The third kappa shape index (κ3) is 4.68. The molecular weight excluding hydrogens is 314 g/mol. The molecule has 23 heavy (non-hydrogen) atoms. The average Bonchev–Trinajstić information content (AvgIpc) is 2.54. The first kappa shape index (κ1) is 17.7. The second-order valence-corrected chi connectivity index (χ2v) is 8.07. The van der Waals surface area contributed by atoms with Crippen molar-refractivity contribution in [3.05, 3.63) is 29.8 Å². The van der Waals surface area contributed by atoms with Crippen LogP contribution >= 0.6 is 0 Å². The van der Waals surface area contributed by atoms with Crippen molar-refractivity contribution in [2.75, 3.05) is 37.8 Å². The lowest BCUT2D eigenvalue weighted by atomic mass is 10.0. The van der Waals surface area contributed by atoms with Crippen molar-refractivity contribution in [1.29, 1.82) is 0 Å². The van der Waals surface area contributed by atoms with Crippen molar-refractivity contribution in [2.45, 2.75) is 25.8 Å². The Balaban J connectivity index is 1.93. The van der Waals surface area contributed by atoms with E-state index in [1.165, 1.54) is 0 Å². The minimum absolute atomic E-state index is 0.00658. The number of nitrogens with zero attached hydrogens (tertiary/aromatic N) is 2. The number of hydrogen-bond acceptors (Lipinski definition) is 4. The Morgan fingerprint density at radius 2 is 1.78 bits per heavy atom. The fourth-order valence-electron chi connectivity index (χ4n) is 2.62. The zero-order chi connectivity index (χ0) is 17.0. The Bertz CT molecular complexity index is 633. The van der Waals surface area contributed by atoms with Gasteiger partial charge in [-0.3, -0.25) is 4.79 Å². The molecule has 1 heterocycles. The lowest BCUT2D eigenvalue weighted by Crippen LogP contribution is -2.46. The van der Waals surface area contributed by atoms with Crippen LogP contribution in [0.15, 0.2) is 24.3 Å². The van der Waals surface area contributed by atoms with Crippen LogP contribution in [-0.2, 0) is 10.0 Å². The summed E-state index contributed by atoms with van der Waals surface area (Å²) in [6.07, 6.45) is 1.31. The number of benzene rings is 1. The number of sulfonamides is 1. The van der Waals surface area contributed by atoms with Gasteiger partial charge >= 0.3 is 0 Å². The molecule has 0 spiro atoms. The first-order valence-electron chi connectivity index (χ1n) is 7.89. The quantitative estimate of drug-likeness (QED) is 0.878. The van der Waals surface area contributed by atoms with Crippen LogP contribution in [0.3, 0.4) is 0 Å². The molecule has 0 atom stereocenters. The molecule has 128 valence electrons. The minimum atomic E-state index is -3.18. The van der Waals surface area contributed by atoms with Crippen molar-refractivity contribution < 1.29 is 13.2 Å². The third-order valence-electron chi connectivity index (χ3n) is 4.14. The Hall–Kier alpha value is -1.60. The molecule has 6 nitrogen and oxygen atoms in total. The smallest absolute Gasteiger partial charge is 0.253 e. The molecule has 1 N–H and O–H groups in total. The summed E-state index contributed by atoms with van der Waals surface area (Å²) < 4.78 is 25.9. The Labute approximate surface area is 138 Å². The highest BCUT2D eigenvalue weighted by Crippen LogP contribution is 2.17. The molecule has 0 saturated carbocycles. The number of hydrogen-bond donors (Lipinski definition) is 1.